The predicted molar refractivity (Wildman–Crippen MR) is 124 cm³/mol. The Morgan fingerprint density at radius 3 is 2.75 bits per heavy atom. The van der Waals surface area contributed by atoms with Crippen molar-refractivity contribution in [2.24, 2.45) is 4.99 Å². The minimum atomic E-state index is -0.578. The van der Waals surface area contributed by atoms with Crippen LogP contribution in [-0.4, -0.2) is 63.6 Å². The van der Waals surface area contributed by atoms with Crippen LogP contribution in [0.1, 0.15) is 12.0 Å². The zero-order valence-electron chi connectivity index (χ0n) is 18.7. The molecule has 1 amide bonds. The number of anilines is 2. The summed E-state index contributed by atoms with van der Waals surface area (Å²) in [6.45, 7) is 2.11. The number of halogens is 2. The van der Waals surface area contributed by atoms with Crippen LogP contribution in [0.5, 0.6) is 0 Å². The summed E-state index contributed by atoms with van der Waals surface area (Å²) < 4.78 is 27.2. The SMILES string of the molecule is CN=C(NCc1cccc(NC(=O)CN(C)C)c1)NC1CCN(c2ccc(F)cc2F)C1. The van der Waals surface area contributed by atoms with Gasteiger partial charge in [0.2, 0.25) is 5.91 Å². The molecule has 2 aromatic carbocycles. The molecular weight excluding hydrogens is 414 g/mol. The molecule has 0 spiro atoms. The van der Waals surface area contributed by atoms with E-state index in [2.05, 4.69) is 20.9 Å². The summed E-state index contributed by atoms with van der Waals surface area (Å²) in [6, 6.07) is 11.4. The summed E-state index contributed by atoms with van der Waals surface area (Å²) in [5, 5.41) is 9.52. The number of guanidine groups is 1. The quantitative estimate of drug-likeness (QED) is 0.452. The van der Waals surface area contributed by atoms with Gasteiger partial charge in [-0.3, -0.25) is 9.79 Å². The number of carbonyl (C=O) groups is 1. The first-order chi connectivity index (χ1) is 15.3. The molecule has 0 radical (unpaired) electrons. The number of rotatable bonds is 7. The molecule has 1 saturated heterocycles. The Bertz CT molecular complexity index is 965. The lowest BCUT2D eigenvalue weighted by molar-refractivity contribution is -0.116. The second kappa shape index (κ2) is 10.9. The zero-order valence-corrected chi connectivity index (χ0v) is 18.7. The van der Waals surface area contributed by atoms with Gasteiger partial charge in [-0.25, -0.2) is 8.78 Å². The van der Waals surface area contributed by atoms with E-state index in [9.17, 15) is 13.6 Å². The van der Waals surface area contributed by atoms with E-state index in [-0.39, 0.29) is 11.9 Å². The molecule has 3 N–H and O–H groups in total. The van der Waals surface area contributed by atoms with Crippen LogP contribution in [0.15, 0.2) is 47.5 Å². The number of likely N-dealkylation sites (N-methyl/N-ethyl adjacent to an activating group) is 1. The topological polar surface area (TPSA) is 72.0 Å². The molecular formula is C23H30F2N6O. The number of benzene rings is 2. The summed E-state index contributed by atoms with van der Waals surface area (Å²) in [7, 11) is 5.39. The molecule has 9 heteroatoms. The van der Waals surface area contributed by atoms with Crippen LogP contribution in [0.25, 0.3) is 0 Å². The lowest BCUT2D eigenvalue weighted by Gasteiger charge is -2.21. The predicted octanol–water partition coefficient (Wildman–Crippen LogP) is 2.41. The number of hydrogen-bond acceptors (Lipinski definition) is 4. The molecule has 32 heavy (non-hydrogen) atoms. The van der Waals surface area contributed by atoms with E-state index in [0.717, 1.165) is 23.7 Å². The van der Waals surface area contributed by atoms with Crippen LogP contribution < -0.4 is 20.9 Å². The summed E-state index contributed by atoms with van der Waals surface area (Å²) in [4.78, 5) is 20.0. The average Bonchev–Trinajstić information content (AvgIpc) is 3.19. The highest BCUT2D eigenvalue weighted by molar-refractivity contribution is 5.92. The molecule has 3 rings (SSSR count). The molecule has 7 nitrogen and oxygen atoms in total. The number of hydrogen-bond donors (Lipinski definition) is 3. The standard InChI is InChI=1S/C23H30F2N6O/c1-26-23(27-13-16-5-4-6-18(11-16)28-22(32)15-30(2)3)29-19-9-10-31(14-19)21-8-7-17(24)12-20(21)25/h4-8,11-12,19H,9-10,13-15H2,1-3H3,(H,28,32)(H2,26,27,29). The molecule has 0 bridgehead atoms. The summed E-state index contributed by atoms with van der Waals surface area (Å²) >= 11 is 0. The molecule has 172 valence electrons. The van der Waals surface area contributed by atoms with Crippen molar-refractivity contribution in [2.45, 2.75) is 19.0 Å². The van der Waals surface area contributed by atoms with E-state index in [1.165, 1.54) is 12.1 Å². The van der Waals surface area contributed by atoms with E-state index >= 15 is 0 Å². The van der Waals surface area contributed by atoms with Gasteiger partial charge in [0.25, 0.3) is 0 Å². The number of carbonyl (C=O) groups excluding carboxylic acids is 1. The molecule has 2 aromatic rings. The summed E-state index contributed by atoms with van der Waals surface area (Å²) in [5.41, 5.74) is 2.15. The van der Waals surface area contributed by atoms with Gasteiger partial charge in [0, 0.05) is 44.5 Å². The average molecular weight is 445 g/mol. The second-order valence-electron chi connectivity index (χ2n) is 8.08. The van der Waals surface area contributed by atoms with Crippen molar-refractivity contribution in [1.82, 2.24) is 15.5 Å². The summed E-state index contributed by atoms with van der Waals surface area (Å²) in [5.74, 6) is -0.559. The molecule has 1 aliphatic rings. The Labute approximate surface area is 187 Å². The van der Waals surface area contributed by atoms with Crippen molar-refractivity contribution < 1.29 is 13.6 Å². The van der Waals surface area contributed by atoms with Crippen LogP contribution in [-0.2, 0) is 11.3 Å². The molecule has 1 atom stereocenters. The van der Waals surface area contributed by atoms with E-state index in [4.69, 9.17) is 0 Å². The molecule has 1 heterocycles. The Kier molecular flexibility index (Phi) is 7.99. The van der Waals surface area contributed by atoms with Crippen LogP contribution in [0.3, 0.4) is 0 Å². The van der Waals surface area contributed by atoms with Crippen LogP contribution >= 0.6 is 0 Å². The maximum absolute atomic E-state index is 14.1. The second-order valence-corrected chi connectivity index (χ2v) is 8.08. The number of nitrogens with one attached hydrogen (secondary N) is 3. The normalized spacial score (nSPS) is 16.4. The van der Waals surface area contributed by atoms with Crippen molar-refractivity contribution in [2.75, 3.05) is 51.0 Å². The third-order valence-corrected chi connectivity index (χ3v) is 5.13. The van der Waals surface area contributed by atoms with E-state index in [1.807, 2.05) is 48.2 Å². The fourth-order valence-corrected chi connectivity index (χ4v) is 3.66. The van der Waals surface area contributed by atoms with Crippen LogP contribution in [0.2, 0.25) is 0 Å². The molecule has 1 aliphatic heterocycles. The Morgan fingerprint density at radius 2 is 2.03 bits per heavy atom. The number of aliphatic imine (C=N–C) groups is 1. The largest absolute Gasteiger partial charge is 0.367 e. The Balaban J connectivity index is 1.51. The lowest BCUT2D eigenvalue weighted by atomic mass is 10.2. The van der Waals surface area contributed by atoms with Gasteiger partial charge in [-0.2, -0.15) is 0 Å². The first kappa shape index (κ1) is 23.5. The minimum Gasteiger partial charge on any atom is -0.367 e. The van der Waals surface area contributed by atoms with Crippen molar-refractivity contribution in [3.63, 3.8) is 0 Å². The maximum Gasteiger partial charge on any atom is 0.238 e. The first-order valence-electron chi connectivity index (χ1n) is 10.5. The van der Waals surface area contributed by atoms with E-state index in [0.29, 0.717) is 37.8 Å². The zero-order chi connectivity index (χ0) is 23.1. The van der Waals surface area contributed by atoms with Crippen molar-refractivity contribution in [3.05, 3.63) is 59.7 Å². The minimum absolute atomic E-state index is 0.0686. The van der Waals surface area contributed by atoms with E-state index < -0.39 is 11.6 Å². The molecule has 1 fully saturated rings. The van der Waals surface area contributed by atoms with Crippen molar-refractivity contribution in [3.8, 4) is 0 Å². The van der Waals surface area contributed by atoms with Gasteiger partial charge in [0.15, 0.2) is 5.96 Å². The first-order valence-corrected chi connectivity index (χ1v) is 10.5. The number of amides is 1. The Morgan fingerprint density at radius 1 is 1.22 bits per heavy atom. The van der Waals surface area contributed by atoms with Gasteiger partial charge in [0.1, 0.15) is 11.6 Å². The third kappa shape index (κ3) is 6.65. The molecule has 1 unspecified atom stereocenters. The maximum atomic E-state index is 14.1. The van der Waals surface area contributed by atoms with Gasteiger partial charge < -0.3 is 25.8 Å². The van der Waals surface area contributed by atoms with Crippen molar-refractivity contribution in [1.29, 1.82) is 0 Å². The van der Waals surface area contributed by atoms with E-state index in [1.54, 1.807) is 7.05 Å². The van der Waals surface area contributed by atoms with Gasteiger partial charge in [-0.05, 0) is 50.3 Å². The summed E-state index contributed by atoms with van der Waals surface area (Å²) in [6.07, 6.45) is 0.810. The smallest absolute Gasteiger partial charge is 0.238 e. The lowest BCUT2D eigenvalue weighted by Crippen LogP contribution is -2.44. The van der Waals surface area contributed by atoms with Gasteiger partial charge in [0.05, 0.1) is 12.2 Å². The molecule has 0 aliphatic carbocycles. The Hall–Kier alpha value is -3.20. The van der Waals surface area contributed by atoms with Gasteiger partial charge >= 0.3 is 0 Å². The van der Waals surface area contributed by atoms with Crippen LogP contribution in [0, 0.1) is 11.6 Å². The van der Waals surface area contributed by atoms with Gasteiger partial charge in [-0.1, -0.05) is 12.1 Å². The highest BCUT2D eigenvalue weighted by Gasteiger charge is 2.25. The monoisotopic (exact) mass is 444 g/mol. The molecule has 0 saturated carbocycles. The molecule has 0 aromatic heterocycles. The fourth-order valence-electron chi connectivity index (χ4n) is 3.66. The highest BCUT2D eigenvalue weighted by Crippen LogP contribution is 2.24. The van der Waals surface area contributed by atoms with Crippen molar-refractivity contribution >= 4 is 23.2 Å². The highest BCUT2D eigenvalue weighted by atomic mass is 19.1. The van der Waals surface area contributed by atoms with Crippen LogP contribution in [0.4, 0.5) is 20.2 Å². The fraction of sp³-hybridized carbons (Fsp3) is 0.391. The third-order valence-electron chi connectivity index (χ3n) is 5.13. The number of nitrogens with zero attached hydrogens (tertiary/aromatic N) is 3. The van der Waals surface area contributed by atoms with Gasteiger partial charge in [-0.15, -0.1) is 0 Å².